The Morgan fingerprint density at radius 3 is 2.80 bits per heavy atom. The topological polar surface area (TPSA) is 80.0 Å². The molecular weight excluding hydrogens is 283 g/mol. The highest BCUT2D eigenvalue weighted by atomic mass is 32.2. The number of aryl methyl sites for hydroxylation is 1. The highest BCUT2D eigenvalue weighted by Crippen LogP contribution is 2.09. The Morgan fingerprint density at radius 2 is 2.15 bits per heavy atom. The van der Waals surface area contributed by atoms with Crippen LogP contribution in [0.4, 0.5) is 10.1 Å². The van der Waals surface area contributed by atoms with E-state index in [9.17, 15) is 9.18 Å². The van der Waals surface area contributed by atoms with Gasteiger partial charge in [0.05, 0.1) is 17.2 Å². The first-order valence-electron chi connectivity index (χ1n) is 5.81. The van der Waals surface area contributed by atoms with Crippen LogP contribution >= 0.6 is 11.8 Å². The predicted octanol–water partition coefficient (Wildman–Crippen LogP) is 1.89. The number of anilines is 1. The van der Waals surface area contributed by atoms with Crippen molar-refractivity contribution in [3.05, 3.63) is 41.8 Å². The van der Waals surface area contributed by atoms with Gasteiger partial charge in [0.15, 0.2) is 5.82 Å². The maximum atomic E-state index is 12.7. The number of benzene rings is 1. The molecule has 8 heteroatoms. The van der Waals surface area contributed by atoms with Crippen LogP contribution in [-0.2, 0) is 10.5 Å². The fourth-order valence-electron chi connectivity index (χ4n) is 1.35. The number of hydrogen-bond acceptors (Lipinski definition) is 6. The molecule has 0 aliphatic rings. The summed E-state index contributed by atoms with van der Waals surface area (Å²) in [4.78, 5) is 15.6. The summed E-state index contributed by atoms with van der Waals surface area (Å²) in [5, 5.41) is 3.72. The van der Waals surface area contributed by atoms with Crippen LogP contribution in [0.1, 0.15) is 11.7 Å². The van der Waals surface area contributed by atoms with Gasteiger partial charge < -0.3 is 4.52 Å². The number of amides is 1. The number of halogens is 1. The average molecular weight is 296 g/mol. The summed E-state index contributed by atoms with van der Waals surface area (Å²) >= 11 is 1.37. The highest BCUT2D eigenvalue weighted by molar-refractivity contribution is 7.99. The van der Waals surface area contributed by atoms with Gasteiger partial charge in [0.1, 0.15) is 5.82 Å². The van der Waals surface area contributed by atoms with Gasteiger partial charge in [0.25, 0.3) is 0 Å². The van der Waals surface area contributed by atoms with Crippen LogP contribution < -0.4 is 10.9 Å². The first-order chi connectivity index (χ1) is 9.63. The van der Waals surface area contributed by atoms with E-state index in [0.717, 1.165) is 0 Å². The van der Waals surface area contributed by atoms with Crippen molar-refractivity contribution in [2.45, 2.75) is 12.7 Å². The molecule has 1 aromatic heterocycles. The normalized spacial score (nSPS) is 10.3. The molecule has 1 aromatic carbocycles. The molecule has 6 nitrogen and oxygen atoms in total. The van der Waals surface area contributed by atoms with Gasteiger partial charge in [-0.3, -0.25) is 15.6 Å². The van der Waals surface area contributed by atoms with Gasteiger partial charge in [0, 0.05) is 6.92 Å². The Kier molecular flexibility index (Phi) is 4.94. The van der Waals surface area contributed by atoms with Gasteiger partial charge in [-0.1, -0.05) is 5.16 Å². The monoisotopic (exact) mass is 296 g/mol. The summed E-state index contributed by atoms with van der Waals surface area (Å²) in [5.74, 6) is 1.30. The Morgan fingerprint density at radius 1 is 1.40 bits per heavy atom. The summed E-state index contributed by atoms with van der Waals surface area (Å²) in [6.07, 6.45) is 0. The first-order valence-corrected chi connectivity index (χ1v) is 6.96. The molecule has 0 spiro atoms. The zero-order valence-corrected chi connectivity index (χ0v) is 11.5. The third-order valence-electron chi connectivity index (χ3n) is 2.22. The fourth-order valence-corrected chi connectivity index (χ4v) is 2.01. The maximum Gasteiger partial charge on any atom is 0.248 e. The number of thioether (sulfide) groups is 1. The van der Waals surface area contributed by atoms with Gasteiger partial charge in [0.2, 0.25) is 11.8 Å². The van der Waals surface area contributed by atoms with Crippen molar-refractivity contribution in [3.8, 4) is 0 Å². The number of hydrogen-bond donors (Lipinski definition) is 2. The van der Waals surface area contributed by atoms with E-state index in [1.165, 1.54) is 36.0 Å². The Balaban J connectivity index is 1.66. The highest BCUT2D eigenvalue weighted by Gasteiger charge is 2.05. The van der Waals surface area contributed by atoms with E-state index in [1.807, 2.05) is 0 Å². The van der Waals surface area contributed by atoms with E-state index in [4.69, 9.17) is 4.52 Å². The predicted molar refractivity (Wildman–Crippen MR) is 73.4 cm³/mol. The van der Waals surface area contributed by atoms with E-state index in [2.05, 4.69) is 21.0 Å². The number of rotatable bonds is 6. The summed E-state index contributed by atoms with van der Waals surface area (Å²) < 4.78 is 17.5. The Hall–Kier alpha value is -2.09. The molecule has 0 saturated heterocycles. The smallest absolute Gasteiger partial charge is 0.248 e. The quantitative estimate of drug-likeness (QED) is 0.792. The molecule has 0 fully saturated rings. The van der Waals surface area contributed by atoms with E-state index in [0.29, 0.717) is 23.2 Å². The van der Waals surface area contributed by atoms with Crippen LogP contribution in [0.15, 0.2) is 28.8 Å². The van der Waals surface area contributed by atoms with E-state index in [-0.39, 0.29) is 17.5 Å². The van der Waals surface area contributed by atoms with Crippen LogP contribution in [0, 0.1) is 12.7 Å². The number of hydrazine groups is 1. The third kappa shape index (κ3) is 4.54. The lowest BCUT2D eigenvalue weighted by Crippen LogP contribution is -2.30. The van der Waals surface area contributed by atoms with Crippen molar-refractivity contribution in [2.75, 3.05) is 11.2 Å². The minimum absolute atomic E-state index is 0.195. The van der Waals surface area contributed by atoms with Crippen molar-refractivity contribution < 1.29 is 13.7 Å². The van der Waals surface area contributed by atoms with Gasteiger partial charge >= 0.3 is 0 Å². The fraction of sp³-hybridized carbons (Fsp3) is 0.250. The number of carbonyl (C=O) groups excluding carboxylic acids is 1. The van der Waals surface area contributed by atoms with Crippen LogP contribution in [0.25, 0.3) is 0 Å². The molecule has 2 aromatic rings. The maximum absolute atomic E-state index is 12.7. The lowest BCUT2D eigenvalue weighted by molar-refractivity contribution is -0.118. The van der Waals surface area contributed by atoms with Crippen LogP contribution in [0.5, 0.6) is 0 Å². The molecule has 1 heterocycles. The van der Waals surface area contributed by atoms with Crippen molar-refractivity contribution in [1.82, 2.24) is 15.6 Å². The summed E-state index contributed by atoms with van der Waals surface area (Å²) in [6.45, 7) is 1.71. The SMILES string of the molecule is Cc1nc(CSCC(=O)NNc2ccc(F)cc2)no1. The van der Waals surface area contributed by atoms with Gasteiger partial charge in [-0.2, -0.15) is 4.98 Å². The third-order valence-corrected chi connectivity index (χ3v) is 3.15. The number of aromatic nitrogens is 2. The minimum atomic E-state index is -0.326. The molecule has 1 amide bonds. The number of nitrogens with zero attached hydrogens (tertiary/aromatic N) is 2. The molecule has 106 valence electrons. The zero-order valence-electron chi connectivity index (χ0n) is 10.7. The Bertz CT molecular complexity index is 573. The lowest BCUT2D eigenvalue weighted by atomic mass is 10.3. The molecule has 0 radical (unpaired) electrons. The second-order valence-electron chi connectivity index (χ2n) is 3.90. The minimum Gasteiger partial charge on any atom is -0.340 e. The average Bonchev–Trinajstić information content (AvgIpc) is 2.84. The summed E-state index contributed by atoms with van der Waals surface area (Å²) in [7, 11) is 0. The van der Waals surface area contributed by atoms with Gasteiger partial charge in [-0.25, -0.2) is 4.39 Å². The van der Waals surface area contributed by atoms with Gasteiger partial charge in [-0.05, 0) is 24.3 Å². The van der Waals surface area contributed by atoms with Crippen LogP contribution in [-0.4, -0.2) is 21.8 Å². The molecule has 0 atom stereocenters. The first kappa shape index (κ1) is 14.3. The van der Waals surface area contributed by atoms with Crippen molar-refractivity contribution in [3.63, 3.8) is 0 Å². The van der Waals surface area contributed by atoms with E-state index < -0.39 is 0 Å². The van der Waals surface area contributed by atoms with E-state index in [1.54, 1.807) is 6.92 Å². The van der Waals surface area contributed by atoms with Gasteiger partial charge in [-0.15, -0.1) is 11.8 Å². The lowest BCUT2D eigenvalue weighted by Gasteiger charge is -2.07. The van der Waals surface area contributed by atoms with Crippen molar-refractivity contribution >= 4 is 23.4 Å². The molecule has 0 unspecified atom stereocenters. The molecule has 0 saturated carbocycles. The molecule has 0 bridgehead atoms. The molecule has 2 rings (SSSR count). The molecule has 20 heavy (non-hydrogen) atoms. The summed E-state index contributed by atoms with van der Waals surface area (Å²) in [5.41, 5.74) is 5.82. The van der Waals surface area contributed by atoms with E-state index >= 15 is 0 Å². The number of carbonyl (C=O) groups is 1. The zero-order chi connectivity index (χ0) is 14.4. The van der Waals surface area contributed by atoms with Crippen molar-refractivity contribution in [1.29, 1.82) is 0 Å². The van der Waals surface area contributed by atoms with Crippen LogP contribution in [0.3, 0.4) is 0 Å². The molecule has 2 N–H and O–H groups in total. The second-order valence-corrected chi connectivity index (χ2v) is 4.89. The van der Waals surface area contributed by atoms with Crippen LogP contribution in [0.2, 0.25) is 0 Å². The molecular formula is C12H13FN4O2S. The standard InChI is InChI=1S/C12H13FN4O2S/c1-8-14-11(17-19-8)6-20-7-12(18)16-15-10-4-2-9(13)3-5-10/h2-5,15H,6-7H2,1H3,(H,16,18). The molecule has 0 aliphatic heterocycles. The Labute approximate surface area is 119 Å². The summed E-state index contributed by atoms with van der Waals surface area (Å²) in [6, 6.07) is 5.68. The van der Waals surface area contributed by atoms with Crippen molar-refractivity contribution in [2.24, 2.45) is 0 Å². The molecule has 0 aliphatic carbocycles. The number of nitrogens with one attached hydrogen (secondary N) is 2. The second kappa shape index (κ2) is 6.90. The largest absolute Gasteiger partial charge is 0.340 e.